The number of aryl methyl sites for hydroxylation is 2. The predicted octanol–water partition coefficient (Wildman–Crippen LogP) is 2.90. The predicted molar refractivity (Wildman–Crippen MR) is 97.1 cm³/mol. The number of nitrogens with one attached hydrogen (secondary N) is 2. The van der Waals surface area contributed by atoms with E-state index in [0.29, 0.717) is 5.69 Å². The van der Waals surface area contributed by atoms with Gasteiger partial charge in [-0.1, -0.05) is 17.7 Å². The Kier molecular flexibility index (Phi) is 4.67. The number of carbonyl (C=O) groups is 3. The fourth-order valence-electron chi connectivity index (χ4n) is 2.37. The summed E-state index contributed by atoms with van der Waals surface area (Å²) >= 11 is 1.52. The van der Waals surface area contributed by atoms with Crippen LogP contribution in [0.5, 0.6) is 0 Å². The number of nitrogens with zero attached hydrogens (tertiary/aromatic N) is 1. The summed E-state index contributed by atoms with van der Waals surface area (Å²) in [6, 6.07) is 10.5. The molecule has 4 amide bonds. The Hall–Kier alpha value is -2.93. The standard InChI is InChI=1S/C18H17N3O3S/c1-11-3-6-13(7-4-11)19-16(22)10-21-17(23)15(20-18(21)24)9-14-8-5-12(2)25-14/h3-9H,10H2,1-2H3,(H,19,22)(H,20,24)/b15-9+. The van der Waals surface area contributed by atoms with Gasteiger partial charge in [0.05, 0.1) is 0 Å². The summed E-state index contributed by atoms with van der Waals surface area (Å²) in [7, 11) is 0. The SMILES string of the molecule is Cc1ccc(NC(=O)CN2C(=O)N/C(=C/c3ccc(C)s3)C2=O)cc1. The number of hydrogen-bond donors (Lipinski definition) is 2. The van der Waals surface area contributed by atoms with Crippen molar-refractivity contribution in [1.29, 1.82) is 0 Å². The van der Waals surface area contributed by atoms with E-state index in [-0.39, 0.29) is 12.2 Å². The Balaban J connectivity index is 1.67. The summed E-state index contributed by atoms with van der Waals surface area (Å²) < 4.78 is 0. The molecule has 2 N–H and O–H groups in total. The lowest BCUT2D eigenvalue weighted by molar-refractivity contribution is -0.127. The van der Waals surface area contributed by atoms with Gasteiger partial charge in [-0.05, 0) is 44.2 Å². The number of imide groups is 1. The van der Waals surface area contributed by atoms with Crippen LogP contribution < -0.4 is 10.6 Å². The highest BCUT2D eigenvalue weighted by Gasteiger charge is 2.34. The molecule has 1 saturated heterocycles. The summed E-state index contributed by atoms with van der Waals surface area (Å²) in [5.74, 6) is -0.935. The molecule has 7 heteroatoms. The lowest BCUT2D eigenvalue weighted by atomic mass is 10.2. The zero-order valence-corrected chi connectivity index (χ0v) is 14.6. The summed E-state index contributed by atoms with van der Waals surface area (Å²) in [5.41, 5.74) is 1.87. The molecule has 3 rings (SSSR count). The third-order valence-corrected chi connectivity index (χ3v) is 4.59. The molecule has 1 aromatic carbocycles. The number of anilines is 1. The maximum Gasteiger partial charge on any atom is 0.329 e. The van der Waals surface area contributed by atoms with Crippen LogP contribution in [0, 0.1) is 13.8 Å². The van der Waals surface area contributed by atoms with E-state index < -0.39 is 17.8 Å². The molecule has 2 aromatic rings. The van der Waals surface area contributed by atoms with Crippen LogP contribution in [0.1, 0.15) is 15.3 Å². The van der Waals surface area contributed by atoms with E-state index in [1.54, 1.807) is 18.2 Å². The molecule has 0 bridgehead atoms. The van der Waals surface area contributed by atoms with Crippen LogP contribution in [0.3, 0.4) is 0 Å². The molecule has 0 aliphatic carbocycles. The Morgan fingerprint density at radius 1 is 1.16 bits per heavy atom. The highest BCUT2D eigenvalue weighted by Crippen LogP contribution is 2.20. The van der Waals surface area contributed by atoms with Crippen molar-refractivity contribution in [3.63, 3.8) is 0 Å². The number of rotatable bonds is 4. The summed E-state index contributed by atoms with van der Waals surface area (Å²) in [6.07, 6.45) is 1.62. The van der Waals surface area contributed by atoms with Crippen LogP contribution in [-0.4, -0.2) is 29.3 Å². The zero-order chi connectivity index (χ0) is 18.0. The second-order valence-corrected chi connectivity index (χ2v) is 7.06. The van der Waals surface area contributed by atoms with Crippen LogP contribution >= 0.6 is 11.3 Å². The summed E-state index contributed by atoms with van der Waals surface area (Å²) in [4.78, 5) is 39.3. The molecule has 128 valence electrons. The average molecular weight is 355 g/mol. The first-order chi connectivity index (χ1) is 11.9. The molecule has 0 unspecified atom stereocenters. The molecule has 2 heterocycles. The first-order valence-corrected chi connectivity index (χ1v) is 8.51. The van der Waals surface area contributed by atoms with Crippen LogP contribution in [-0.2, 0) is 9.59 Å². The second-order valence-electron chi connectivity index (χ2n) is 5.74. The van der Waals surface area contributed by atoms with Crippen LogP contribution in [0.2, 0.25) is 0 Å². The number of benzene rings is 1. The van der Waals surface area contributed by atoms with E-state index >= 15 is 0 Å². The highest BCUT2D eigenvalue weighted by atomic mass is 32.1. The normalized spacial score (nSPS) is 15.6. The maximum absolute atomic E-state index is 12.4. The summed E-state index contributed by atoms with van der Waals surface area (Å²) in [6.45, 7) is 3.57. The van der Waals surface area contributed by atoms with E-state index in [9.17, 15) is 14.4 Å². The van der Waals surface area contributed by atoms with E-state index in [0.717, 1.165) is 20.2 Å². The number of urea groups is 1. The highest BCUT2D eigenvalue weighted by molar-refractivity contribution is 7.12. The van der Waals surface area contributed by atoms with E-state index in [1.807, 2.05) is 38.1 Å². The number of thiophene rings is 1. The molecular formula is C18H17N3O3S. The van der Waals surface area contributed by atoms with E-state index in [4.69, 9.17) is 0 Å². The van der Waals surface area contributed by atoms with E-state index in [1.165, 1.54) is 11.3 Å². The molecule has 0 atom stereocenters. The fourth-order valence-corrected chi connectivity index (χ4v) is 3.19. The van der Waals surface area contributed by atoms with Crippen molar-refractivity contribution in [3.05, 3.63) is 57.4 Å². The van der Waals surface area contributed by atoms with Crippen LogP contribution in [0.4, 0.5) is 10.5 Å². The van der Waals surface area contributed by atoms with Crippen molar-refractivity contribution < 1.29 is 14.4 Å². The quantitative estimate of drug-likeness (QED) is 0.654. The minimum absolute atomic E-state index is 0.176. The molecule has 0 radical (unpaired) electrons. The molecule has 0 spiro atoms. The van der Waals surface area contributed by atoms with Crippen molar-refractivity contribution >= 4 is 40.9 Å². The zero-order valence-electron chi connectivity index (χ0n) is 13.8. The van der Waals surface area contributed by atoms with Gasteiger partial charge in [0.25, 0.3) is 5.91 Å². The molecule has 1 fully saturated rings. The Morgan fingerprint density at radius 3 is 2.52 bits per heavy atom. The van der Waals surface area contributed by atoms with Gasteiger partial charge in [0.2, 0.25) is 5.91 Å². The van der Waals surface area contributed by atoms with Gasteiger partial charge in [0, 0.05) is 15.4 Å². The van der Waals surface area contributed by atoms with Gasteiger partial charge in [-0.3, -0.25) is 9.59 Å². The molecule has 1 aliphatic heterocycles. The van der Waals surface area contributed by atoms with Crippen LogP contribution in [0.25, 0.3) is 6.08 Å². The van der Waals surface area contributed by atoms with Crippen molar-refractivity contribution in [2.24, 2.45) is 0 Å². The van der Waals surface area contributed by atoms with Gasteiger partial charge < -0.3 is 10.6 Å². The molecule has 1 aromatic heterocycles. The molecule has 1 aliphatic rings. The lowest BCUT2D eigenvalue weighted by Crippen LogP contribution is -2.38. The van der Waals surface area contributed by atoms with Gasteiger partial charge in [0.1, 0.15) is 12.2 Å². The van der Waals surface area contributed by atoms with Gasteiger partial charge in [0.15, 0.2) is 0 Å². The van der Waals surface area contributed by atoms with Crippen molar-refractivity contribution in [2.45, 2.75) is 13.8 Å². The molecular weight excluding hydrogens is 338 g/mol. The Labute approximate surface area is 149 Å². The monoisotopic (exact) mass is 355 g/mol. The minimum Gasteiger partial charge on any atom is -0.325 e. The average Bonchev–Trinajstić information content (AvgIpc) is 3.08. The Morgan fingerprint density at radius 2 is 1.88 bits per heavy atom. The molecule has 6 nitrogen and oxygen atoms in total. The third-order valence-electron chi connectivity index (χ3n) is 3.65. The summed E-state index contributed by atoms with van der Waals surface area (Å²) in [5, 5.41) is 5.19. The van der Waals surface area contributed by atoms with Crippen molar-refractivity contribution in [1.82, 2.24) is 10.2 Å². The largest absolute Gasteiger partial charge is 0.329 e. The number of carbonyl (C=O) groups excluding carboxylic acids is 3. The molecule has 0 saturated carbocycles. The number of amides is 4. The van der Waals surface area contributed by atoms with Gasteiger partial charge in [-0.15, -0.1) is 11.3 Å². The topological polar surface area (TPSA) is 78.5 Å². The van der Waals surface area contributed by atoms with E-state index in [2.05, 4.69) is 10.6 Å². The second kappa shape index (κ2) is 6.90. The maximum atomic E-state index is 12.4. The van der Waals surface area contributed by atoms with Gasteiger partial charge >= 0.3 is 6.03 Å². The first-order valence-electron chi connectivity index (χ1n) is 7.70. The fraction of sp³-hybridized carbons (Fsp3) is 0.167. The Bertz CT molecular complexity index is 868. The lowest BCUT2D eigenvalue weighted by Gasteiger charge is -2.12. The van der Waals surface area contributed by atoms with Gasteiger partial charge in [-0.25, -0.2) is 9.69 Å². The van der Waals surface area contributed by atoms with Gasteiger partial charge in [-0.2, -0.15) is 0 Å². The third kappa shape index (κ3) is 3.95. The van der Waals surface area contributed by atoms with Crippen molar-refractivity contribution in [3.8, 4) is 0 Å². The van der Waals surface area contributed by atoms with Crippen molar-refractivity contribution in [2.75, 3.05) is 11.9 Å². The smallest absolute Gasteiger partial charge is 0.325 e. The number of hydrogen-bond acceptors (Lipinski definition) is 4. The van der Waals surface area contributed by atoms with Crippen LogP contribution in [0.15, 0.2) is 42.1 Å². The first kappa shape index (κ1) is 16.9. The molecule has 25 heavy (non-hydrogen) atoms. The minimum atomic E-state index is -0.594.